The number of aromatic nitrogens is 4. The average Bonchev–Trinajstić information content (AvgIpc) is 2.85. The zero-order chi connectivity index (χ0) is 9.38. The minimum Gasteiger partial charge on any atom is -0.300 e. The van der Waals surface area contributed by atoms with E-state index in [4.69, 9.17) is 0 Å². The van der Waals surface area contributed by atoms with Crippen molar-refractivity contribution in [3.05, 3.63) is 30.6 Å². The summed E-state index contributed by atoms with van der Waals surface area (Å²) in [4.78, 5) is 1.36. The van der Waals surface area contributed by atoms with Crippen LogP contribution in [0.15, 0.2) is 30.6 Å². The van der Waals surface area contributed by atoms with Gasteiger partial charge in [-0.1, -0.05) is 12.1 Å². The number of para-hydroxylation sites is 2. The Kier molecular flexibility index (Phi) is 1.39. The third-order valence-electron chi connectivity index (χ3n) is 1.95. The lowest BCUT2D eigenvalue weighted by atomic mass is 10.3. The van der Waals surface area contributed by atoms with Crippen molar-refractivity contribution in [2.75, 3.05) is 10.5 Å². The highest BCUT2D eigenvalue weighted by atomic mass is 16.0. The van der Waals surface area contributed by atoms with Crippen LogP contribution in [0.3, 0.4) is 0 Å². The second-order valence-corrected chi connectivity index (χ2v) is 2.77. The summed E-state index contributed by atoms with van der Waals surface area (Å²) in [6, 6.07) is 7.80. The van der Waals surface area contributed by atoms with Gasteiger partial charge in [0.2, 0.25) is 0 Å². The Labute approximate surface area is 79.2 Å². The molecule has 0 atom stereocenters. The second-order valence-electron chi connectivity index (χ2n) is 2.77. The predicted octanol–water partition coefficient (Wildman–Crippen LogP) is -0.212. The van der Waals surface area contributed by atoms with Crippen LogP contribution in [0.4, 0.5) is 11.4 Å². The Morgan fingerprint density at radius 1 is 1.21 bits per heavy atom. The summed E-state index contributed by atoms with van der Waals surface area (Å²) in [6.07, 6.45) is 1.38. The van der Waals surface area contributed by atoms with E-state index in [0.29, 0.717) is 0 Å². The lowest BCUT2D eigenvalue weighted by Crippen LogP contribution is -2.41. The predicted molar refractivity (Wildman–Crippen MR) is 48.9 cm³/mol. The molecule has 0 saturated heterocycles. The number of anilines is 2. The number of nitrogens with one attached hydrogen (secondary N) is 2. The van der Waals surface area contributed by atoms with E-state index in [2.05, 4.69) is 26.4 Å². The van der Waals surface area contributed by atoms with Gasteiger partial charge in [-0.2, -0.15) is 5.12 Å². The molecule has 1 aromatic carbocycles. The molecule has 70 valence electrons. The highest BCUT2D eigenvalue weighted by Gasteiger charge is 2.20. The van der Waals surface area contributed by atoms with Crippen molar-refractivity contribution in [1.82, 2.24) is 25.9 Å². The second kappa shape index (κ2) is 2.67. The summed E-state index contributed by atoms with van der Waals surface area (Å²) >= 11 is 0. The van der Waals surface area contributed by atoms with E-state index in [1.165, 1.54) is 11.2 Å². The van der Waals surface area contributed by atoms with Gasteiger partial charge >= 0.3 is 0 Å². The number of fused-ring (bicyclic) bond motifs is 1. The normalized spacial score (nSPS) is 13.9. The molecule has 2 heterocycles. The monoisotopic (exact) mass is 189 g/mol. The van der Waals surface area contributed by atoms with Crippen molar-refractivity contribution in [3.63, 3.8) is 0 Å². The number of hydrazine groups is 2. The van der Waals surface area contributed by atoms with Crippen molar-refractivity contribution in [1.29, 1.82) is 0 Å². The summed E-state index contributed by atoms with van der Waals surface area (Å²) < 4.78 is 0. The molecule has 3 rings (SSSR count). The van der Waals surface area contributed by atoms with E-state index in [1.54, 1.807) is 5.12 Å². The molecular weight excluding hydrogens is 182 g/mol. The molecule has 14 heavy (non-hydrogen) atoms. The highest BCUT2D eigenvalue weighted by Crippen LogP contribution is 2.27. The van der Waals surface area contributed by atoms with Crippen LogP contribution in [-0.2, 0) is 0 Å². The fourth-order valence-corrected chi connectivity index (χ4v) is 1.33. The van der Waals surface area contributed by atoms with E-state index in [1.807, 2.05) is 24.3 Å². The molecule has 7 nitrogen and oxygen atoms in total. The molecule has 0 spiro atoms. The Morgan fingerprint density at radius 2 is 2.14 bits per heavy atom. The van der Waals surface area contributed by atoms with Gasteiger partial charge in [0.15, 0.2) is 6.33 Å². The van der Waals surface area contributed by atoms with Crippen LogP contribution < -0.4 is 16.1 Å². The zero-order valence-electron chi connectivity index (χ0n) is 7.12. The highest BCUT2D eigenvalue weighted by molar-refractivity contribution is 5.72. The van der Waals surface area contributed by atoms with Crippen molar-refractivity contribution < 1.29 is 0 Å². The Balaban J connectivity index is 2.06. The molecule has 2 aromatic rings. The molecule has 2 N–H and O–H groups in total. The van der Waals surface area contributed by atoms with Gasteiger partial charge in [0.25, 0.3) is 0 Å². The summed E-state index contributed by atoms with van der Waals surface area (Å²) in [6.45, 7) is 0. The number of hydrogen-bond acceptors (Lipinski definition) is 6. The van der Waals surface area contributed by atoms with Gasteiger partial charge in [-0.15, -0.1) is 15.7 Å². The molecule has 0 fully saturated rings. The third kappa shape index (κ3) is 0.927. The smallest absolute Gasteiger partial charge is 0.164 e. The van der Waals surface area contributed by atoms with Gasteiger partial charge in [-0.3, -0.25) is 5.43 Å². The minimum absolute atomic E-state index is 0.950. The molecule has 1 aliphatic heterocycles. The topological polar surface area (TPSA) is 70.9 Å². The molecule has 0 saturated carbocycles. The number of nitrogens with zero attached hydrogens (tertiary/aromatic N) is 5. The molecule has 0 bridgehead atoms. The first-order valence-corrected chi connectivity index (χ1v) is 4.09. The first kappa shape index (κ1) is 7.27. The maximum absolute atomic E-state index is 3.91. The van der Waals surface area contributed by atoms with E-state index >= 15 is 0 Å². The van der Waals surface area contributed by atoms with Crippen LogP contribution in [0.1, 0.15) is 0 Å². The molecule has 1 aliphatic rings. The summed E-state index contributed by atoms with van der Waals surface area (Å²) in [5.41, 5.74) is 7.82. The van der Waals surface area contributed by atoms with Crippen LogP contribution in [0, 0.1) is 0 Å². The standard InChI is InChI=1S/C7H7N7/c1-2-4-7-6(3-1)10-12-13(7)14-9-5-8-11-14/h1-5,10,12H. The van der Waals surface area contributed by atoms with E-state index < -0.39 is 0 Å². The molecule has 7 heteroatoms. The Bertz CT molecular complexity index is 437. The summed E-state index contributed by atoms with van der Waals surface area (Å²) in [5.74, 6) is 0. The fourth-order valence-electron chi connectivity index (χ4n) is 1.33. The fraction of sp³-hybridized carbons (Fsp3) is 0. The Morgan fingerprint density at radius 3 is 3.00 bits per heavy atom. The van der Waals surface area contributed by atoms with E-state index in [-0.39, 0.29) is 0 Å². The van der Waals surface area contributed by atoms with Crippen LogP contribution in [-0.4, -0.2) is 20.3 Å². The molecule has 0 aliphatic carbocycles. The summed E-state index contributed by atoms with van der Waals surface area (Å²) in [5, 5.41) is 13.0. The van der Waals surface area contributed by atoms with E-state index in [0.717, 1.165) is 11.4 Å². The minimum atomic E-state index is 0.950. The van der Waals surface area contributed by atoms with Crippen LogP contribution in [0.25, 0.3) is 0 Å². The van der Waals surface area contributed by atoms with Gasteiger partial charge in [0.1, 0.15) is 5.69 Å². The Hall–Kier alpha value is -2.15. The van der Waals surface area contributed by atoms with Crippen molar-refractivity contribution in [2.45, 2.75) is 0 Å². The van der Waals surface area contributed by atoms with Gasteiger partial charge in [0.05, 0.1) is 5.69 Å². The third-order valence-corrected chi connectivity index (χ3v) is 1.95. The SMILES string of the molecule is c1ccc2c(c1)NNN2n1ncnn1. The number of rotatable bonds is 1. The molecular formula is C7H7N7. The number of benzene rings is 1. The van der Waals surface area contributed by atoms with Crippen molar-refractivity contribution in [3.8, 4) is 0 Å². The van der Waals surface area contributed by atoms with Gasteiger partial charge in [-0.05, 0) is 22.3 Å². The number of tetrazole rings is 1. The first-order chi connectivity index (χ1) is 6.95. The maximum atomic E-state index is 3.91. The largest absolute Gasteiger partial charge is 0.300 e. The van der Waals surface area contributed by atoms with Crippen LogP contribution in [0.5, 0.6) is 0 Å². The van der Waals surface area contributed by atoms with Gasteiger partial charge < -0.3 is 0 Å². The molecule has 0 radical (unpaired) electrons. The zero-order valence-corrected chi connectivity index (χ0v) is 7.12. The molecule has 0 unspecified atom stereocenters. The quantitative estimate of drug-likeness (QED) is 0.646. The van der Waals surface area contributed by atoms with Crippen LogP contribution in [0.2, 0.25) is 0 Å². The van der Waals surface area contributed by atoms with Crippen LogP contribution >= 0.6 is 0 Å². The lowest BCUT2D eigenvalue weighted by molar-refractivity contribution is 0.493. The molecule has 1 aromatic heterocycles. The molecule has 0 amide bonds. The van der Waals surface area contributed by atoms with Gasteiger partial charge in [0, 0.05) is 0 Å². The van der Waals surface area contributed by atoms with E-state index in [9.17, 15) is 0 Å². The van der Waals surface area contributed by atoms with Crippen molar-refractivity contribution in [2.24, 2.45) is 0 Å². The van der Waals surface area contributed by atoms with Crippen molar-refractivity contribution >= 4 is 11.4 Å². The first-order valence-electron chi connectivity index (χ1n) is 4.09. The number of hydrogen-bond donors (Lipinski definition) is 2. The summed E-state index contributed by atoms with van der Waals surface area (Å²) in [7, 11) is 0. The lowest BCUT2D eigenvalue weighted by Gasteiger charge is -2.13. The maximum Gasteiger partial charge on any atom is 0.164 e. The van der Waals surface area contributed by atoms with Gasteiger partial charge in [-0.25, -0.2) is 0 Å². The average molecular weight is 189 g/mol.